The molecule has 0 aliphatic carbocycles. The van der Waals surface area contributed by atoms with E-state index in [0.717, 1.165) is 25.2 Å². The maximum Gasteiger partial charge on any atom is 0.127 e. The maximum atomic E-state index is 5.99. The quantitative estimate of drug-likeness (QED) is 0.778. The second-order valence-electron chi connectivity index (χ2n) is 3.43. The zero-order valence-corrected chi connectivity index (χ0v) is 9.14. The molecule has 3 heteroatoms. The van der Waals surface area contributed by atoms with Gasteiger partial charge in [0, 0.05) is 18.0 Å². The van der Waals surface area contributed by atoms with Crippen LogP contribution in [0.3, 0.4) is 0 Å². The van der Waals surface area contributed by atoms with Crippen molar-refractivity contribution in [3.8, 4) is 5.75 Å². The van der Waals surface area contributed by atoms with Gasteiger partial charge in [-0.05, 0) is 12.0 Å². The molecule has 0 amide bonds. The molecule has 78 valence electrons. The zero-order chi connectivity index (χ0) is 9.26. The molecule has 0 spiro atoms. The molecule has 2 N–H and O–H groups in total. The molecule has 1 heterocycles. The molecule has 1 aliphatic heterocycles. The number of nitrogens with two attached hydrogens (primary N) is 1. The van der Waals surface area contributed by atoms with Gasteiger partial charge in [0.15, 0.2) is 0 Å². The van der Waals surface area contributed by atoms with Crippen LogP contribution in [0.15, 0.2) is 18.2 Å². The predicted molar refractivity (Wildman–Crippen MR) is 60.1 cm³/mol. The van der Waals surface area contributed by atoms with Gasteiger partial charge in [0.2, 0.25) is 0 Å². The van der Waals surface area contributed by atoms with E-state index >= 15 is 0 Å². The normalized spacial score (nSPS) is 19.1. The second-order valence-corrected chi connectivity index (χ2v) is 3.43. The van der Waals surface area contributed by atoms with Gasteiger partial charge in [0.1, 0.15) is 5.75 Å². The summed E-state index contributed by atoms with van der Waals surface area (Å²) in [5, 5.41) is 0. The number of ether oxygens (including phenoxy) is 1. The van der Waals surface area contributed by atoms with Crippen molar-refractivity contribution in [1.29, 1.82) is 0 Å². The number of para-hydroxylation sites is 1. The third-order valence-electron chi connectivity index (χ3n) is 2.58. The van der Waals surface area contributed by atoms with Gasteiger partial charge in [0.25, 0.3) is 0 Å². The Labute approximate surface area is 90.9 Å². The molecule has 2 nitrogen and oxygen atoms in total. The average molecular weight is 214 g/mol. The topological polar surface area (TPSA) is 35.2 Å². The number of benzene rings is 1. The van der Waals surface area contributed by atoms with E-state index < -0.39 is 0 Å². The number of halogens is 1. The SMILES string of the molecule is CCc1cccc2c1OCC[C@H]2N.Cl. The summed E-state index contributed by atoms with van der Waals surface area (Å²) in [6.45, 7) is 2.89. The van der Waals surface area contributed by atoms with Crippen LogP contribution in [0.4, 0.5) is 0 Å². The summed E-state index contributed by atoms with van der Waals surface area (Å²) < 4.78 is 5.64. The van der Waals surface area contributed by atoms with Crippen LogP contribution >= 0.6 is 12.4 Å². The van der Waals surface area contributed by atoms with Crippen LogP contribution in [0, 0.1) is 0 Å². The molecule has 0 saturated heterocycles. The van der Waals surface area contributed by atoms with Gasteiger partial charge in [0.05, 0.1) is 6.61 Å². The summed E-state index contributed by atoms with van der Waals surface area (Å²) in [6, 6.07) is 6.40. The van der Waals surface area contributed by atoms with E-state index in [1.807, 2.05) is 0 Å². The maximum absolute atomic E-state index is 5.99. The minimum Gasteiger partial charge on any atom is -0.493 e. The fourth-order valence-electron chi connectivity index (χ4n) is 1.79. The van der Waals surface area contributed by atoms with Crippen molar-refractivity contribution in [2.75, 3.05) is 6.61 Å². The Hall–Kier alpha value is -0.730. The van der Waals surface area contributed by atoms with E-state index in [2.05, 4.69) is 25.1 Å². The monoisotopic (exact) mass is 213 g/mol. The van der Waals surface area contributed by atoms with Crippen molar-refractivity contribution >= 4 is 12.4 Å². The largest absolute Gasteiger partial charge is 0.493 e. The lowest BCUT2D eigenvalue weighted by Crippen LogP contribution is -2.21. The van der Waals surface area contributed by atoms with E-state index in [4.69, 9.17) is 10.5 Å². The molecule has 0 unspecified atom stereocenters. The molecular formula is C11H16ClNO. The van der Waals surface area contributed by atoms with E-state index in [0.29, 0.717) is 0 Å². The van der Waals surface area contributed by atoms with Crippen LogP contribution in [-0.4, -0.2) is 6.61 Å². The fourth-order valence-corrected chi connectivity index (χ4v) is 1.79. The van der Waals surface area contributed by atoms with Crippen molar-refractivity contribution < 1.29 is 4.74 Å². The van der Waals surface area contributed by atoms with E-state index in [1.165, 1.54) is 11.1 Å². The summed E-state index contributed by atoms with van der Waals surface area (Å²) in [4.78, 5) is 0. The molecule has 0 bridgehead atoms. The van der Waals surface area contributed by atoms with Gasteiger partial charge in [-0.15, -0.1) is 12.4 Å². The van der Waals surface area contributed by atoms with Crippen molar-refractivity contribution in [2.24, 2.45) is 5.73 Å². The minimum atomic E-state index is 0. The highest BCUT2D eigenvalue weighted by molar-refractivity contribution is 5.85. The van der Waals surface area contributed by atoms with Crippen LogP contribution in [0.1, 0.15) is 30.5 Å². The molecule has 1 aromatic carbocycles. The smallest absolute Gasteiger partial charge is 0.127 e. The lowest BCUT2D eigenvalue weighted by molar-refractivity contribution is 0.266. The molecular weight excluding hydrogens is 198 g/mol. The first-order valence-corrected chi connectivity index (χ1v) is 4.83. The van der Waals surface area contributed by atoms with Crippen LogP contribution in [0.2, 0.25) is 0 Å². The van der Waals surface area contributed by atoms with E-state index in [-0.39, 0.29) is 18.4 Å². The second kappa shape index (κ2) is 4.67. The summed E-state index contributed by atoms with van der Waals surface area (Å²) in [7, 11) is 0. The summed E-state index contributed by atoms with van der Waals surface area (Å²) >= 11 is 0. The van der Waals surface area contributed by atoms with Crippen molar-refractivity contribution in [3.05, 3.63) is 29.3 Å². The van der Waals surface area contributed by atoms with E-state index in [9.17, 15) is 0 Å². The van der Waals surface area contributed by atoms with E-state index in [1.54, 1.807) is 0 Å². The van der Waals surface area contributed by atoms with Gasteiger partial charge in [-0.25, -0.2) is 0 Å². The fraction of sp³-hybridized carbons (Fsp3) is 0.455. The molecule has 0 aromatic heterocycles. The third kappa shape index (κ3) is 1.86. The van der Waals surface area contributed by atoms with Crippen LogP contribution in [-0.2, 0) is 6.42 Å². The molecule has 0 saturated carbocycles. The van der Waals surface area contributed by atoms with Gasteiger partial charge in [-0.3, -0.25) is 0 Å². The van der Waals surface area contributed by atoms with Crippen molar-refractivity contribution in [2.45, 2.75) is 25.8 Å². The minimum absolute atomic E-state index is 0. The standard InChI is InChI=1S/C11H15NO.ClH/c1-2-8-4-3-5-9-10(12)6-7-13-11(8)9;/h3-5,10H,2,6-7,12H2,1H3;1H/t10-;/m1./s1. The Morgan fingerprint density at radius 3 is 3.00 bits per heavy atom. The first-order valence-electron chi connectivity index (χ1n) is 4.83. The predicted octanol–water partition coefficient (Wildman–Crippen LogP) is 2.45. The number of hydrogen-bond donors (Lipinski definition) is 1. The van der Waals surface area contributed by atoms with Gasteiger partial charge in [-0.2, -0.15) is 0 Å². The lowest BCUT2D eigenvalue weighted by atomic mass is 9.97. The Kier molecular flexibility index (Phi) is 3.78. The average Bonchev–Trinajstić information content (AvgIpc) is 2.18. The molecule has 2 rings (SSSR count). The van der Waals surface area contributed by atoms with Crippen molar-refractivity contribution in [3.63, 3.8) is 0 Å². The number of hydrogen-bond acceptors (Lipinski definition) is 2. The Morgan fingerprint density at radius 2 is 2.29 bits per heavy atom. The molecule has 1 atom stereocenters. The van der Waals surface area contributed by atoms with Gasteiger partial charge < -0.3 is 10.5 Å². The van der Waals surface area contributed by atoms with Crippen LogP contribution < -0.4 is 10.5 Å². The van der Waals surface area contributed by atoms with Crippen LogP contribution in [0.25, 0.3) is 0 Å². The van der Waals surface area contributed by atoms with Crippen molar-refractivity contribution in [1.82, 2.24) is 0 Å². The third-order valence-corrected chi connectivity index (χ3v) is 2.58. The Morgan fingerprint density at radius 1 is 1.50 bits per heavy atom. The van der Waals surface area contributed by atoms with Gasteiger partial charge >= 0.3 is 0 Å². The summed E-state index contributed by atoms with van der Waals surface area (Å²) in [5.41, 5.74) is 8.43. The summed E-state index contributed by atoms with van der Waals surface area (Å²) in [5.74, 6) is 1.03. The van der Waals surface area contributed by atoms with Crippen LogP contribution in [0.5, 0.6) is 5.75 Å². The Balaban J connectivity index is 0.000000980. The molecule has 0 radical (unpaired) electrons. The number of rotatable bonds is 1. The lowest BCUT2D eigenvalue weighted by Gasteiger charge is -2.24. The highest BCUT2D eigenvalue weighted by atomic mass is 35.5. The summed E-state index contributed by atoms with van der Waals surface area (Å²) in [6.07, 6.45) is 1.94. The molecule has 1 aromatic rings. The van der Waals surface area contributed by atoms with Gasteiger partial charge in [-0.1, -0.05) is 25.1 Å². The Bertz CT molecular complexity index is 314. The highest BCUT2D eigenvalue weighted by Gasteiger charge is 2.19. The number of fused-ring (bicyclic) bond motifs is 1. The highest BCUT2D eigenvalue weighted by Crippen LogP contribution is 2.33. The molecule has 1 aliphatic rings. The molecule has 0 fully saturated rings. The zero-order valence-electron chi connectivity index (χ0n) is 8.32. The number of aryl methyl sites for hydroxylation is 1. The first-order chi connectivity index (χ1) is 6.33. The molecule has 14 heavy (non-hydrogen) atoms. The first kappa shape index (κ1) is 11.3.